The van der Waals surface area contributed by atoms with Crippen LogP contribution in [0.1, 0.15) is 23.2 Å². The summed E-state index contributed by atoms with van der Waals surface area (Å²) < 4.78 is 10.7. The van der Waals surface area contributed by atoms with Gasteiger partial charge in [-0.05, 0) is 55.2 Å². The molecule has 5 atom stereocenters. The normalized spacial score (nSPS) is 27.7. The molecule has 2 aromatic carbocycles. The molecule has 3 fully saturated rings. The van der Waals surface area contributed by atoms with Crippen molar-refractivity contribution in [1.82, 2.24) is 0 Å². The summed E-state index contributed by atoms with van der Waals surface area (Å²) >= 11 is 6.02. The topological polar surface area (TPSA) is 93.7 Å². The fourth-order valence-corrected chi connectivity index (χ4v) is 5.47. The van der Waals surface area contributed by atoms with E-state index in [9.17, 15) is 14.4 Å². The number of ether oxygens (including phenoxy) is 2. The molecule has 2 amide bonds. The third kappa shape index (κ3) is 3.43. The van der Waals surface area contributed by atoms with Crippen molar-refractivity contribution in [2.24, 2.45) is 23.7 Å². The number of hydrogen-bond acceptors (Lipinski definition) is 5. The average molecular weight is 441 g/mol. The Morgan fingerprint density at radius 3 is 2.77 bits per heavy atom. The minimum Gasteiger partial charge on any atom is -0.495 e. The van der Waals surface area contributed by atoms with E-state index in [1.54, 1.807) is 42.5 Å². The summed E-state index contributed by atoms with van der Waals surface area (Å²) in [5, 5.41) is 6.14. The first-order valence-electron chi connectivity index (χ1n) is 10.2. The van der Waals surface area contributed by atoms with E-state index >= 15 is 0 Å². The van der Waals surface area contributed by atoms with Crippen LogP contribution >= 0.6 is 11.6 Å². The number of benzene rings is 2. The van der Waals surface area contributed by atoms with Gasteiger partial charge in [-0.2, -0.15) is 0 Å². The number of carbonyl (C=O) groups excluding carboxylic acids is 3. The van der Waals surface area contributed by atoms with E-state index in [-0.39, 0.29) is 47.6 Å². The Morgan fingerprint density at radius 1 is 1.13 bits per heavy atom. The number of esters is 1. The number of amides is 2. The summed E-state index contributed by atoms with van der Waals surface area (Å²) in [6.07, 6.45) is 1.61. The molecule has 7 nitrogen and oxygen atoms in total. The Kier molecular flexibility index (Phi) is 4.85. The molecule has 2 aromatic rings. The van der Waals surface area contributed by atoms with E-state index in [2.05, 4.69) is 10.6 Å². The Balaban J connectivity index is 1.31. The number of rotatable bonds is 5. The Hall–Kier alpha value is -3.06. The third-order valence-corrected chi connectivity index (χ3v) is 6.82. The number of halogens is 1. The zero-order chi connectivity index (χ0) is 21.7. The molecule has 1 heterocycles. The molecule has 2 saturated carbocycles. The van der Waals surface area contributed by atoms with E-state index in [1.807, 2.05) is 0 Å². The summed E-state index contributed by atoms with van der Waals surface area (Å²) in [5.41, 5.74) is 1.32. The maximum Gasteiger partial charge on any atom is 0.310 e. The van der Waals surface area contributed by atoms with Gasteiger partial charge in [0.2, 0.25) is 5.91 Å². The smallest absolute Gasteiger partial charge is 0.310 e. The van der Waals surface area contributed by atoms with E-state index < -0.39 is 0 Å². The van der Waals surface area contributed by atoms with E-state index in [0.29, 0.717) is 27.7 Å². The van der Waals surface area contributed by atoms with E-state index in [0.717, 1.165) is 12.8 Å². The highest BCUT2D eigenvalue weighted by Gasteiger charge is 2.63. The number of methoxy groups -OCH3 is 1. The SMILES string of the molecule is COc1ccc(Cl)cc1NC(=O)c1cccc(NC(=O)[C@@H]2[C@@H]3C[C@H]4[C@H]2C(=O)O[C@H]4C3)c1. The van der Waals surface area contributed by atoms with Gasteiger partial charge in [0.25, 0.3) is 5.91 Å². The monoisotopic (exact) mass is 440 g/mol. The van der Waals surface area contributed by atoms with Crippen LogP contribution in [0.3, 0.4) is 0 Å². The molecule has 0 unspecified atom stereocenters. The van der Waals surface area contributed by atoms with Crippen LogP contribution < -0.4 is 15.4 Å². The third-order valence-electron chi connectivity index (χ3n) is 6.59. The lowest BCUT2D eigenvalue weighted by Gasteiger charge is -2.23. The van der Waals surface area contributed by atoms with Gasteiger partial charge in [0.15, 0.2) is 0 Å². The second-order valence-corrected chi connectivity index (χ2v) is 8.73. The second-order valence-electron chi connectivity index (χ2n) is 8.29. The van der Waals surface area contributed by atoms with Crippen molar-refractivity contribution < 1.29 is 23.9 Å². The molecule has 160 valence electrons. The van der Waals surface area contributed by atoms with Gasteiger partial charge in [-0.15, -0.1) is 0 Å². The van der Waals surface area contributed by atoms with Gasteiger partial charge in [0, 0.05) is 22.2 Å². The lowest BCUT2D eigenvalue weighted by Crippen LogP contribution is -2.35. The van der Waals surface area contributed by atoms with Crippen LogP contribution in [0, 0.1) is 23.7 Å². The molecule has 2 N–H and O–H groups in total. The minimum atomic E-state index is -0.371. The first-order valence-corrected chi connectivity index (χ1v) is 10.6. The molecule has 31 heavy (non-hydrogen) atoms. The Morgan fingerprint density at radius 2 is 1.97 bits per heavy atom. The van der Waals surface area contributed by atoms with E-state index in [1.165, 1.54) is 7.11 Å². The highest BCUT2D eigenvalue weighted by Crippen LogP contribution is 2.57. The predicted octanol–water partition coefficient (Wildman–Crippen LogP) is 3.74. The average Bonchev–Trinajstić information content (AvgIpc) is 3.37. The standard InChI is InChI=1S/C23H21ClN2O5/c1-30-17-6-5-13(24)10-16(17)26-21(27)11-3-2-4-14(7-11)25-22(28)19-12-8-15-18(9-12)31-23(29)20(15)19/h2-7,10,12,15,18-20H,8-9H2,1H3,(H,25,28)(H,26,27)/t12-,15-,18+,19-,20-/m1/s1. The molecule has 5 rings (SSSR count). The second kappa shape index (κ2) is 7.57. The van der Waals surface area contributed by atoms with Gasteiger partial charge in [0.05, 0.1) is 24.6 Å². The summed E-state index contributed by atoms with van der Waals surface area (Å²) in [7, 11) is 1.51. The Labute approximate surface area is 184 Å². The van der Waals surface area contributed by atoms with Gasteiger partial charge in [-0.1, -0.05) is 17.7 Å². The zero-order valence-electron chi connectivity index (χ0n) is 16.8. The first-order chi connectivity index (χ1) is 14.9. The van der Waals surface area contributed by atoms with Gasteiger partial charge < -0.3 is 20.1 Å². The number of anilines is 2. The lowest BCUT2D eigenvalue weighted by atomic mass is 9.79. The molecular weight excluding hydrogens is 420 g/mol. The summed E-state index contributed by atoms with van der Waals surface area (Å²) in [6, 6.07) is 11.6. The number of fused-ring (bicyclic) bond motifs is 1. The number of carbonyl (C=O) groups is 3. The quantitative estimate of drug-likeness (QED) is 0.691. The van der Waals surface area contributed by atoms with Crippen molar-refractivity contribution in [1.29, 1.82) is 0 Å². The molecule has 2 bridgehead atoms. The summed E-state index contributed by atoms with van der Waals surface area (Å²) in [4.78, 5) is 37.9. The van der Waals surface area contributed by atoms with Crippen molar-refractivity contribution in [3.63, 3.8) is 0 Å². The van der Waals surface area contributed by atoms with Crippen molar-refractivity contribution in [2.45, 2.75) is 18.9 Å². The van der Waals surface area contributed by atoms with Crippen molar-refractivity contribution in [3.8, 4) is 5.75 Å². The molecule has 1 saturated heterocycles. The van der Waals surface area contributed by atoms with Crippen molar-refractivity contribution in [3.05, 3.63) is 53.1 Å². The highest BCUT2D eigenvalue weighted by atomic mass is 35.5. The molecule has 0 spiro atoms. The van der Waals surface area contributed by atoms with Gasteiger partial charge in [-0.3, -0.25) is 14.4 Å². The first kappa shape index (κ1) is 19.9. The largest absolute Gasteiger partial charge is 0.495 e. The van der Waals surface area contributed by atoms with Crippen LogP contribution in [0.5, 0.6) is 5.75 Å². The molecule has 3 aliphatic rings. The number of nitrogens with one attached hydrogen (secondary N) is 2. The van der Waals surface area contributed by atoms with Gasteiger partial charge >= 0.3 is 5.97 Å². The van der Waals surface area contributed by atoms with Crippen LogP contribution in [0.4, 0.5) is 11.4 Å². The summed E-state index contributed by atoms with van der Waals surface area (Å²) in [6.45, 7) is 0. The summed E-state index contributed by atoms with van der Waals surface area (Å²) in [5.74, 6) is -0.692. The maximum absolute atomic E-state index is 13.0. The minimum absolute atomic E-state index is 0.0120. The van der Waals surface area contributed by atoms with Crippen LogP contribution in [-0.2, 0) is 14.3 Å². The lowest BCUT2D eigenvalue weighted by molar-refractivity contribution is -0.145. The molecular formula is C23H21ClN2O5. The maximum atomic E-state index is 13.0. The molecule has 2 aliphatic carbocycles. The van der Waals surface area contributed by atoms with Crippen molar-refractivity contribution >= 4 is 40.8 Å². The highest BCUT2D eigenvalue weighted by molar-refractivity contribution is 6.31. The fraction of sp³-hybridized carbons (Fsp3) is 0.348. The molecule has 8 heteroatoms. The number of hydrogen-bond donors (Lipinski definition) is 2. The van der Waals surface area contributed by atoms with Gasteiger partial charge in [0.1, 0.15) is 11.9 Å². The Bertz CT molecular complexity index is 1090. The molecule has 1 aliphatic heterocycles. The van der Waals surface area contributed by atoms with Crippen LogP contribution in [0.2, 0.25) is 5.02 Å². The van der Waals surface area contributed by atoms with Crippen molar-refractivity contribution in [2.75, 3.05) is 17.7 Å². The predicted molar refractivity (Wildman–Crippen MR) is 114 cm³/mol. The van der Waals surface area contributed by atoms with Crippen LogP contribution in [0.15, 0.2) is 42.5 Å². The fourth-order valence-electron chi connectivity index (χ4n) is 5.30. The molecule has 0 radical (unpaired) electrons. The van der Waals surface area contributed by atoms with E-state index in [4.69, 9.17) is 21.1 Å². The zero-order valence-corrected chi connectivity index (χ0v) is 17.5. The van der Waals surface area contributed by atoms with Crippen LogP contribution in [0.25, 0.3) is 0 Å². The molecule has 0 aromatic heterocycles. The van der Waals surface area contributed by atoms with Crippen LogP contribution in [-0.4, -0.2) is 31.0 Å². The van der Waals surface area contributed by atoms with Gasteiger partial charge in [-0.25, -0.2) is 0 Å².